The topological polar surface area (TPSA) is 75.9 Å². The zero-order chi connectivity index (χ0) is 15.6. The van der Waals surface area contributed by atoms with Crippen molar-refractivity contribution in [2.75, 3.05) is 19.6 Å². The third-order valence-electron chi connectivity index (χ3n) is 4.56. The second-order valence-electron chi connectivity index (χ2n) is 6.73. The molecular formula is C15H29Cl2N3O3. The fraction of sp³-hybridized carbons (Fsp3) is 0.867. The quantitative estimate of drug-likeness (QED) is 0.805. The van der Waals surface area contributed by atoms with Gasteiger partial charge in [-0.2, -0.15) is 0 Å². The number of likely N-dealkylation sites (tertiary alicyclic amines) is 1. The molecule has 2 N–H and O–H groups in total. The molecule has 8 heteroatoms. The SMILES string of the molecule is CCC(=O)N1C2CCC1CN(CCC(C)(C)OC(N)=O)C2.Cl.Cl. The number of amides is 2. The van der Waals surface area contributed by atoms with Crippen LogP contribution in [0.25, 0.3) is 0 Å². The number of carbonyl (C=O) groups excluding carboxylic acids is 2. The minimum Gasteiger partial charge on any atom is -0.444 e. The van der Waals surface area contributed by atoms with E-state index in [0.29, 0.717) is 18.5 Å². The summed E-state index contributed by atoms with van der Waals surface area (Å²) in [6.45, 7) is 8.40. The molecule has 2 bridgehead atoms. The molecule has 6 nitrogen and oxygen atoms in total. The van der Waals surface area contributed by atoms with Gasteiger partial charge in [0, 0.05) is 38.1 Å². The summed E-state index contributed by atoms with van der Waals surface area (Å²) in [4.78, 5) is 27.4. The summed E-state index contributed by atoms with van der Waals surface area (Å²) in [6.07, 6.45) is 2.82. The van der Waals surface area contributed by atoms with Crippen LogP contribution >= 0.6 is 24.8 Å². The first-order valence-corrected chi connectivity index (χ1v) is 7.84. The molecule has 2 rings (SSSR count). The fourth-order valence-electron chi connectivity index (χ4n) is 3.51. The van der Waals surface area contributed by atoms with Gasteiger partial charge in [0.2, 0.25) is 5.91 Å². The maximum Gasteiger partial charge on any atom is 0.405 e. The van der Waals surface area contributed by atoms with Gasteiger partial charge in [0.1, 0.15) is 5.60 Å². The summed E-state index contributed by atoms with van der Waals surface area (Å²) in [6, 6.07) is 0.716. The summed E-state index contributed by atoms with van der Waals surface area (Å²) >= 11 is 0. The van der Waals surface area contributed by atoms with Crippen molar-refractivity contribution in [2.24, 2.45) is 5.73 Å². The Morgan fingerprint density at radius 3 is 2.13 bits per heavy atom. The highest BCUT2D eigenvalue weighted by Crippen LogP contribution is 2.31. The van der Waals surface area contributed by atoms with Crippen molar-refractivity contribution in [2.45, 2.75) is 64.1 Å². The van der Waals surface area contributed by atoms with Crippen molar-refractivity contribution in [3.8, 4) is 0 Å². The molecule has 2 saturated heterocycles. The molecule has 2 amide bonds. The molecule has 0 aromatic rings. The lowest BCUT2D eigenvalue weighted by atomic mass is 10.0. The number of ether oxygens (including phenoxy) is 1. The van der Waals surface area contributed by atoms with Gasteiger partial charge in [-0.25, -0.2) is 4.79 Å². The van der Waals surface area contributed by atoms with Crippen LogP contribution in [0.3, 0.4) is 0 Å². The average Bonchev–Trinajstić information content (AvgIpc) is 2.65. The van der Waals surface area contributed by atoms with E-state index in [-0.39, 0.29) is 30.7 Å². The Morgan fingerprint density at radius 1 is 1.17 bits per heavy atom. The normalized spacial score (nSPS) is 23.7. The summed E-state index contributed by atoms with van der Waals surface area (Å²) in [5.41, 5.74) is 4.55. The number of piperazine rings is 1. The summed E-state index contributed by atoms with van der Waals surface area (Å²) in [7, 11) is 0. The van der Waals surface area contributed by atoms with Gasteiger partial charge in [-0.1, -0.05) is 6.92 Å². The van der Waals surface area contributed by atoms with Crippen molar-refractivity contribution < 1.29 is 14.3 Å². The van der Waals surface area contributed by atoms with Gasteiger partial charge in [-0.3, -0.25) is 9.69 Å². The van der Waals surface area contributed by atoms with Crippen LogP contribution in [0, 0.1) is 0 Å². The van der Waals surface area contributed by atoms with E-state index < -0.39 is 11.7 Å². The maximum atomic E-state index is 12.0. The second kappa shape index (κ2) is 8.94. The third-order valence-corrected chi connectivity index (χ3v) is 4.56. The van der Waals surface area contributed by atoms with E-state index in [0.717, 1.165) is 38.9 Å². The minimum atomic E-state index is -0.724. The number of fused-ring (bicyclic) bond motifs is 2. The van der Waals surface area contributed by atoms with Crippen LogP contribution in [0.2, 0.25) is 0 Å². The van der Waals surface area contributed by atoms with Gasteiger partial charge in [-0.15, -0.1) is 24.8 Å². The van der Waals surface area contributed by atoms with E-state index in [2.05, 4.69) is 9.80 Å². The zero-order valence-electron chi connectivity index (χ0n) is 14.1. The van der Waals surface area contributed by atoms with Crippen molar-refractivity contribution >= 4 is 36.8 Å². The van der Waals surface area contributed by atoms with Gasteiger partial charge < -0.3 is 15.4 Å². The predicted octanol–water partition coefficient (Wildman–Crippen LogP) is 2.18. The minimum absolute atomic E-state index is 0. The Bertz CT molecular complexity index is 407. The first-order valence-electron chi connectivity index (χ1n) is 7.84. The van der Waals surface area contributed by atoms with E-state index >= 15 is 0 Å². The monoisotopic (exact) mass is 369 g/mol. The summed E-state index contributed by atoms with van der Waals surface area (Å²) in [5, 5.41) is 0. The van der Waals surface area contributed by atoms with Crippen LogP contribution in [0.15, 0.2) is 0 Å². The van der Waals surface area contributed by atoms with Crippen molar-refractivity contribution in [3.05, 3.63) is 0 Å². The molecule has 0 spiro atoms. The number of nitrogens with zero attached hydrogens (tertiary/aromatic N) is 2. The molecule has 0 aromatic heterocycles. The van der Waals surface area contributed by atoms with Crippen LogP contribution in [0.4, 0.5) is 4.79 Å². The Hall–Kier alpha value is -0.720. The maximum absolute atomic E-state index is 12.0. The molecule has 0 radical (unpaired) electrons. The molecular weight excluding hydrogens is 341 g/mol. The Kier molecular flexibility index (Phi) is 8.66. The smallest absolute Gasteiger partial charge is 0.405 e. The molecule has 0 aliphatic carbocycles. The second-order valence-corrected chi connectivity index (χ2v) is 6.73. The molecule has 2 atom stereocenters. The van der Waals surface area contributed by atoms with Gasteiger partial charge in [0.05, 0.1) is 0 Å². The van der Waals surface area contributed by atoms with Gasteiger partial charge in [0.15, 0.2) is 0 Å². The number of hydrogen-bond donors (Lipinski definition) is 1. The average molecular weight is 370 g/mol. The lowest BCUT2D eigenvalue weighted by molar-refractivity contribution is -0.136. The number of primary amides is 1. The number of nitrogens with two attached hydrogens (primary N) is 1. The largest absolute Gasteiger partial charge is 0.444 e. The molecule has 2 aliphatic rings. The van der Waals surface area contributed by atoms with Crippen LogP contribution in [0.5, 0.6) is 0 Å². The summed E-state index contributed by atoms with van der Waals surface area (Å²) < 4.78 is 5.12. The number of hydrogen-bond acceptors (Lipinski definition) is 4. The van der Waals surface area contributed by atoms with Crippen LogP contribution in [-0.4, -0.2) is 59.1 Å². The fourth-order valence-corrected chi connectivity index (χ4v) is 3.51. The molecule has 0 aromatic carbocycles. The number of carbonyl (C=O) groups is 2. The third kappa shape index (κ3) is 5.69. The lowest BCUT2D eigenvalue weighted by Gasteiger charge is -2.41. The molecule has 2 fully saturated rings. The Labute approximate surface area is 150 Å². The highest BCUT2D eigenvalue weighted by atomic mass is 35.5. The van der Waals surface area contributed by atoms with Crippen molar-refractivity contribution in [1.82, 2.24) is 9.80 Å². The molecule has 23 heavy (non-hydrogen) atoms. The highest BCUT2D eigenvalue weighted by molar-refractivity contribution is 5.85. The summed E-state index contributed by atoms with van der Waals surface area (Å²) in [5.74, 6) is 0.277. The number of rotatable bonds is 5. The van der Waals surface area contributed by atoms with E-state index in [4.69, 9.17) is 10.5 Å². The zero-order valence-corrected chi connectivity index (χ0v) is 15.8. The van der Waals surface area contributed by atoms with Crippen LogP contribution in [-0.2, 0) is 9.53 Å². The van der Waals surface area contributed by atoms with E-state index in [9.17, 15) is 9.59 Å². The predicted molar refractivity (Wildman–Crippen MR) is 94.2 cm³/mol. The lowest BCUT2D eigenvalue weighted by Crippen LogP contribution is -2.56. The van der Waals surface area contributed by atoms with Crippen LogP contribution in [0.1, 0.15) is 46.5 Å². The standard InChI is InChI=1S/C15H27N3O3.2ClH/c1-4-13(19)18-11-5-6-12(18)10-17(9-11)8-7-15(2,3)21-14(16)20;;/h11-12H,4-10H2,1-3H3,(H2,16,20);2*1H. The molecule has 0 saturated carbocycles. The van der Waals surface area contributed by atoms with Gasteiger partial charge in [0.25, 0.3) is 0 Å². The Morgan fingerprint density at radius 2 is 1.70 bits per heavy atom. The van der Waals surface area contributed by atoms with Gasteiger partial charge in [-0.05, 0) is 33.1 Å². The van der Waals surface area contributed by atoms with E-state index in [1.807, 2.05) is 20.8 Å². The first-order chi connectivity index (χ1) is 9.82. The number of halogens is 2. The molecule has 2 unspecified atom stereocenters. The highest BCUT2D eigenvalue weighted by Gasteiger charge is 2.41. The molecule has 2 aliphatic heterocycles. The van der Waals surface area contributed by atoms with E-state index in [1.54, 1.807) is 0 Å². The van der Waals surface area contributed by atoms with Crippen molar-refractivity contribution in [3.63, 3.8) is 0 Å². The molecule has 136 valence electrons. The van der Waals surface area contributed by atoms with E-state index in [1.165, 1.54) is 0 Å². The van der Waals surface area contributed by atoms with Crippen molar-refractivity contribution in [1.29, 1.82) is 0 Å². The molecule has 2 heterocycles. The first kappa shape index (κ1) is 22.3. The Balaban J connectivity index is 0.00000242. The van der Waals surface area contributed by atoms with Crippen LogP contribution < -0.4 is 5.73 Å². The van der Waals surface area contributed by atoms with Gasteiger partial charge >= 0.3 is 6.09 Å².